The molecule has 102 valence electrons. The minimum Gasteiger partial charge on any atom is -0.497 e. The Labute approximate surface area is 108 Å². The third kappa shape index (κ3) is 4.26. The molecular weight excluding hydrogens is 285 g/mol. The van der Waals surface area contributed by atoms with E-state index in [0.717, 1.165) is 0 Å². The van der Waals surface area contributed by atoms with Crippen LogP contribution in [0.4, 0.5) is 13.2 Å². The molecule has 0 aliphatic carbocycles. The van der Waals surface area contributed by atoms with E-state index < -0.39 is 22.3 Å². The Hall–Kier alpha value is -2.08. The fourth-order valence-corrected chi connectivity index (χ4v) is 1.23. The molecule has 1 rings (SSSR count). The predicted molar refractivity (Wildman–Crippen MR) is 60.4 cm³/mol. The molecule has 1 unspecified atom stereocenters. The summed E-state index contributed by atoms with van der Waals surface area (Å²) < 4.78 is 54.9. The van der Waals surface area contributed by atoms with Gasteiger partial charge in [-0.25, -0.2) is 4.21 Å². The van der Waals surface area contributed by atoms with Gasteiger partial charge in [0, 0.05) is 5.56 Å². The Morgan fingerprint density at radius 2 is 1.95 bits per heavy atom. The van der Waals surface area contributed by atoms with Crippen LogP contribution < -0.4 is 4.74 Å². The van der Waals surface area contributed by atoms with Gasteiger partial charge in [-0.1, -0.05) is 5.16 Å². The normalized spacial score (nSPS) is 13.5. The Kier molecular flexibility index (Phi) is 4.88. The summed E-state index contributed by atoms with van der Waals surface area (Å²) in [6, 6.07) is 7.33. The SMILES string of the molecule is COc1ccc(C(C#N)=NOS(=O)C(F)(F)F)cc1. The van der Waals surface area contributed by atoms with E-state index in [1.807, 2.05) is 0 Å². The molecule has 0 saturated heterocycles. The van der Waals surface area contributed by atoms with Crippen molar-refractivity contribution in [3.8, 4) is 11.8 Å². The van der Waals surface area contributed by atoms with Gasteiger partial charge in [0.1, 0.15) is 11.8 Å². The van der Waals surface area contributed by atoms with E-state index in [4.69, 9.17) is 10.00 Å². The number of ether oxygens (including phenoxy) is 1. The molecule has 0 spiro atoms. The maximum Gasteiger partial charge on any atom is 0.510 e. The molecule has 5 nitrogen and oxygen atoms in total. The summed E-state index contributed by atoms with van der Waals surface area (Å²) in [5.74, 6) is 0.501. The molecular formula is C10H7F3N2O3S. The van der Waals surface area contributed by atoms with E-state index in [-0.39, 0.29) is 5.56 Å². The molecule has 0 amide bonds. The summed E-state index contributed by atoms with van der Waals surface area (Å²) in [7, 11) is 1.43. The van der Waals surface area contributed by atoms with Gasteiger partial charge in [-0.2, -0.15) is 18.4 Å². The molecule has 0 bridgehead atoms. The molecule has 1 atom stereocenters. The predicted octanol–water partition coefficient (Wildman–Crippen LogP) is 2.12. The molecule has 1 aromatic rings. The fourth-order valence-electron chi connectivity index (χ4n) is 1.000. The monoisotopic (exact) mass is 292 g/mol. The van der Waals surface area contributed by atoms with Gasteiger partial charge in [0.2, 0.25) is 0 Å². The van der Waals surface area contributed by atoms with Gasteiger partial charge in [0.15, 0.2) is 5.71 Å². The van der Waals surface area contributed by atoms with Crippen molar-refractivity contribution in [2.24, 2.45) is 5.16 Å². The number of oxime groups is 1. The number of nitriles is 1. The van der Waals surface area contributed by atoms with E-state index in [2.05, 4.69) is 9.44 Å². The zero-order chi connectivity index (χ0) is 14.5. The largest absolute Gasteiger partial charge is 0.510 e. The van der Waals surface area contributed by atoms with Gasteiger partial charge < -0.3 is 4.74 Å². The molecule has 9 heteroatoms. The zero-order valence-corrected chi connectivity index (χ0v) is 10.3. The lowest BCUT2D eigenvalue weighted by Gasteiger charge is -2.03. The standard InChI is InChI=1S/C10H7F3N2O3S/c1-17-8-4-2-7(3-5-8)9(6-14)15-18-19(16)10(11,12)13/h2-5H,1H3. The average Bonchev–Trinajstić information content (AvgIpc) is 2.38. The Balaban J connectivity index is 2.89. The van der Waals surface area contributed by atoms with Crippen LogP contribution in [0.3, 0.4) is 0 Å². The first-order valence-electron chi connectivity index (χ1n) is 4.67. The molecule has 0 heterocycles. The van der Waals surface area contributed by atoms with E-state index in [9.17, 15) is 17.4 Å². The van der Waals surface area contributed by atoms with E-state index >= 15 is 0 Å². The molecule has 1 aromatic carbocycles. The van der Waals surface area contributed by atoms with Crippen molar-refractivity contribution < 1.29 is 26.4 Å². The lowest BCUT2D eigenvalue weighted by molar-refractivity contribution is -0.0471. The molecule has 0 fully saturated rings. The van der Waals surface area contributed by atoms with Crippen LogP contribution in [0.15, 0.2) is 29.4 Å². The Morgan fingerprint density at radius 1 is 1.37 bits per heavy atom. The number of nitrogens with zero attached hydrogens (tertiary/aromatic N) is 2. The third-order valence-corrected chi connectivity index (χ3v) is 2.44. The number of alkyl halides is 3. The lowest BCUT2D eigenvalue weighted by Crippen LogP contribution is -2.17. The topological polar surface area (TPSA) is 71.7 Å². The van der Waals surface area contributed by atoms with Gasteiger partial charge in [0.25, 0.3) is 0 Å². The number of benzene rings is 1. The second-order valence-corrected chi connectivity index (χ2v) is 4.12. The van der Waals surface area contributed by atoms with Crippen LogP contribution in [0.25, 0.3) is 0 Å². The van der Waals surface area contributed by atoms with Crippen molar-refractivity contribution in [1.82, 2.24) is 0 Å². The zero-order valence-electron chi connectivity index (χ0n) is 9.47. The summed E-state index contributed by atoms with van der Waals surface area (Å²) in [6.45, 7) is 0. The Bertz CT molecular complexity index is 534. The van der Waals surface area contributed by atoms with E-state index in [1.165, 1.54) is 31.4 Å². The summed E-state index contributed by atoms with van der Waals surface area (Å²) in [4.78, 5) is 0. The molecule has 0 aliphatic rings. The highest BCUT2D eigenvalue weighted by Crippen LogP contribution is 2.21. The van der Waals surface area contributed by atoms with Crippen LogP contribution >= 0.6 is 0 Å². The second-order valence-electron chi connectivity index (χ2n) is 3.04. The first-order valence-corrected chi connectivity index (χ1v) is 5.74. The molecule has 19 heavy (non-hydrogen) atoms. The van der Waals surface area contributed by atoms with Crippen molar-refractivity contribution in [2.45, 2.75) is 5.51 Å². The maximum absolute atomic E-state index is 11.9. The van der Waals surface area contributed by atoms with Gasteiger partial charge >= 0.3 is 16.6 Å². The third-order valence-electron chi connectivity index (χ3n) is 1.85. The summed E-state index contributed by atoms with van der Waals surface area (Å²) in [5.41, 5.74) is -5.27. The fraction of sp³-hybridized carbons (Fsp3) is 0.200. The van der Waals surface area contributed by atoms with Crippen LogP contribution in [-0.4, -0.2) is 22.5 Å². The minimum absolute atomic E-state index is 0.211. The second kappa shape index (κ2) is 6.19. The molecule has 0 aliphatic heterocycles. The first-order chi connectivity index (χ1) is 8.88. The van der Waals surface area contributed by atoms with Crippen LogP contribution in [0.2, 0.25) is 0 Å². The number of rotatable bonds is 4. The minimum atomic E-state index is -5.05. The molecule has 0 radical (unpaired) electrons. The highest BCUT2D eigenvalue weighted by molar-refractivity contribution is 7.81. The van der Waals surface area contributed by atoms with Crippen LogP contribution in [0, 0.1) is 11.3 Å². The summed E-state index contributed by atoms with van der Waals surface area (Å²) in [6.07, 6.45) is 0. The number of hydrogen-bond donors (Lipinski definition) is 0. The summed E-state index contributed by atoms with van der Waals surface area (Å²) >= 11 is -3.60. The van der Waals surface area contributed by atoms with Crippen LogP contribution in [0.1, 0.15) is 5.56 Å². The molecule has 0 saturated carbocycles. The van der Waals surface area contributed by atoms with Crippen LogP contribution in [-0.2, 0) is 15.4 Å². The smallest absolute Gasteiger partial charge is 0.497 e. The number of halogens is 3. The van der Waals surface area contributed by atoms with Gasteiger partial charge in [-0.05, 0) is 24.3 Å². The van der Waals surface area contributed by atoms with Gasteiger partial charge in [-0.15, -0.1) is 0 Å². The first kappa shape index (κ1) is 15.0. The lowest BCUT2D eigenvalue weighted by atomic mass is 10.1. The Morgan fingerprint density at radius 3 is 2.37 bits per heavy atom. The molecule has 0 aromatic heterocycles. The maximum atomic E-state index is 11.9. The number of hydrogen-bond acceptors (Lipinski definition) is 5. The van der Waals surface area contributed by atoms with Gasteiger partial charge in [-0.3, -0.25) is 4.28 Å². The average molecular weight is 292 g/mol. The molecule has 0 N–H and O–H groups in total. The van der Waals surface area contributed by atoms with Gasteiger partial charge in [0.05, 0.1) is 7.11 Å². The van der Waals surface area contributed by atoms with Crippen molar-refractivity contribution in [3.05, 3.63) is 29.8 Å². The van der Waals surface area contributed by atoms with Crippen LogP contribution in [0.5, 0.6) is 5.75 Å². The van der Waals surface area contributed by atoms with E-state index in [1.54, 1.807) is 6.07 Å². The van der Waals surface area contributed by atoms with E-state index in [0.29, 0.717) is 5.75 Å². The van der Waals surface area contributed by atoms with Crippen molar-refractivity contribution >= 4 is 16.8 Å². The number of methoxy groups -OCH3 is 1. The van der Waals surface area contributed by atoms with Crippen molar-refractivity contribution in [3.63, 3.8) is 0 Å². The van der Waals surface area contributed by atoms with Crippen molar-refractivity contribution in [2.75, 3.05) is 7.11 Å². The van der Waals surface area contributed by atoms with Crippen molar-refractivity contribution in [1.29, 1.82) is 5.26 Å². The summed E-state index contributed by atoms with van der Waals surface area (Å²) in [5, 5.41) is 11.7. The quantitative estimate of drug-likeness (QED) is 0.629. The highest BCUT2D eigenvalue weighted by atomic mass is 32.2. The highest BCUT2D eigenvalue weighted by Gasteiger charge is 2.40.